The molecule has 1 fully saturated rings. The van der Waals surface area contributed by atoms with E-state index in [1.54, 1.807) is 6.92 Å². The molecule has 1 N–H and O–H groups in total. The van der Waals surface area contributed by atoms with Gasteiger partial charge in [-0.1, -0.05) is 0 Å². The molecule has 2 heterocycles. The van der Waals surface area contributed by atoms with E-state index in [2.05, 4.69) is 4.98 Å². The van der Waals surface area contributed by atoms with Gasteiger partial charge in [-0.2, -0.15) is 0 Å². The van der Waals surface area contributed by atoms with E-state index in [-0.39, 0.29) is 24.5 Å². The number of carboxylic acid groups (broad SMARTS) is 1. The second kappa shape index (κ2) is 4.63. The molecule has 0 spiro atoms. The lowest BCUT2D eigenvalue weighted by atomic mass is 10.1. The molecule has 19 heavy (non-hydrogen) atoms. The normalized spacial score (nSPS) is 18.7. The molecule has 1 atom stereocenters. The van der Waals surface area contributed by atoms with Gasteiger partial charge in [-0.15, -0.1) is 0 Å². The first-order valence-electron chi connectivity index (χ1n) is 5.54. The van der Waals surface area contributed by atoms with Gasteiger partial charge in [0.2, 0.25) is 11.7 Å². The minimum atomic E-state index is -1.09. The number of nitro groups is 1. The van der Waals surface area contributed by atoms with E-state index < -0.39 is 22.7 Å². The fourth-order valence-corrected chi connectivity index (χ4v) is 1.97. The lowest BCUT2D eigenvalue weighted by molar-refractivity contribution is -0.384. The Morgan fingerprint density at radius 3 is 2.84 bits per heavy atom. The molecule has 2 rings (SSSR count). The minimum Gasteiger partial charge on any atom is -0.481 e. The van der Waals surface area contributed by atoms with Gasteiger partial charge in [-0.3, -0.25) is 24.6 Å². The Hall–Kier alpha value is -2.51. The highest BCUT2D eigenvalue weighted by Gasteiger charge is 2.38. The SMILES string of the molecule is Cc1cnc(N2CC(C(=O)O)CC2=O)c([N+](=O)[O-])c1. The predicted molar refractivity (Wildman–Crippen MR) is 63.7 cm³/mol. The van der Waals surface area contributed by atoms with Crippen molar-refractivity contribution in [1.82, 2.24) is 4.98 Å². The van der Waals surface area contributed by atoms with Crippen molar-refractivity contribution in [1.29, 1.82) is 0 Å². The van der Waals surface area contributed by atoms with Gasteiger partial charge in [0.25, 0.3) is 0 Å². The van der Waals surface area contributed by atoms with Crippen LogP contribution in [0.3, 0.4) is 0 Å². The third-order valence-corrected chi connectivity index (χ3v) is 2.91. The maximum absolute atomic E-state index is 11.7. The third kappa shape index (κ3) is 2.37. The summed E-state index contributed by atoms with van der Waals surface area (Å²) >= 11 is 0. The highest BCUT2D eigenvalue weighted by Crippen LogP contribution is 2.31. The number of carboxylic acids is 1. The molecule has 1 aliphatic heterocycles. The molecule has 8 nitrogen and oxygen atoms in total. The van der Waals surface area contributed by atoms with Gasteiger partial charge in [-0.05, 0) is 12.5 Å². The summed E-state index contributed by atoms with van der Waals surface area (Å²) in [6.45, 7) is 1.56. The van der Waals surface area contributed by atoms with Crippen molar-refractivity contribution in [3.63, 3.8) is 0 Å². The van der Waals surface area contributed by atoms with E-state index in [9.17, 15) is 19.7 Å². The number of hydrogen-bond donors (Lipinski definition) is 1. The number of amides is 1. The Bertz CT molecular complexity index is 571. The quantitative estimate of drug-likeness (QED) is 0.636. The fourth-order valence-electron chi connectivity index (χ4n) is 1.97. The summed E-state index contributed by atoms with van der Waals surface area (Å²) in [6.07, 6.45) is 1.24. The average molecular weight is 265 g/mol. The number of aromatic nitrogens is 1. The van der Waals surface area contributed by atoms with Crippen molar-refractivity contribution in [2.24, 2.45) is 5.92 Å². The smallest absolute Gasteiger partial charge is 0.312 e. The van der Waals surface area contributed by atoms with Crippen LogP contribution in [0, 0.1) is 23.0 Å². The third-order valence-electron chi connectivity index (χ3n) is 2.91. The van der Waals surface area contributed by atoms with E-state index in [4.69, 9.17) is 5.11 Å². The standard InChI is InChI=1S/C11H11N3O5/c1-6-2-8(14(18)19)10(12-4-6)13-5-7(11(16)17)3-9(13)15/h2,4,7H,3,5H2,1H3,(H,16,17). The summed E-state index contributed by atoms with van der Waals surface area (Å²) in [7, 11) is 0. The van der Waals surface area contributed by atoms with E-state index in [1.165, 1.54) is 12.3 Å². The van der Waals surface area contributed by atoms with E-state index in [0.29, 0.717) is 5.56 Å². The molecule has 1 aromatic heterocycles. The Morgan fingerprint density at radius 2 is 2.32 bits per heavy atom. The summed E-state index contributed by atoms with van der Waals surface area (Å²) in [4.78, 5) is 37.9. The van der Waals surface area contributed by atoms with Crippen molar-refractivity contribution in [2.45, 2.75) is 13.3 Å². The molecular formula is C11H11N3O5. The molecular weight excluding hydrogens is 254 g/mol. The summed E-state index contributed by atoms with van der Waals surface area (Å²) < 4.78 is 0. The van der Waals surface area contributed by atoms with E-state index >= 15 is 0 Å². The number of aliphatic carboxylic acids is 1. The lowest BCUT2D eigenvalue weighted by Crippen LogP contribution is -2.27. The summed E-state index contributed by atoms with van der Waals surface area (Å²) in [5.41, 5.74) is 0.302. The first-order valence-corrected chi connectivity index (χ1v) is 5.54. The van der Waals surface area contributed by atoms with Crippen LogP contribution in [-0.4, -0.2) is 33.4 Å². The summed E-state index contributed by atoms with van der Waals surface area (Å²) in [5, 5.41) is 19.8. The number of aryl methyl sites for hydroxylation is 1. The van der Waals surface area contributed by atoms with Crippen molar-refractivity contribution < 1.29 is 19.6 Å². The Morgan fingerprint density at radius 1 is 1.63 bits per heavy atom. The maximum Gasteiger partial charge on any atom is 0.312 e. The average Bonchev–Trinajstić information content (AvgIpc) is 2.71. The van der Waals surface area contributed by atoms with Crippen LogP contribution >= 0.6 is 0 Å². The van der Waals surface area contributed by atoms with Crippen LogP contribution in [0.5, 0.6) is 0 Å². The van der Waals surface area contributed by atoms with Crippen molar-refractivity contribution >= 4 is 23.4 Å². The highest BCUT2D eigenvalue weighted by atomic mass is 16.6. The molecule has 1 unspecified atom stereocenters. The van der Waals surface area contributed by atoms with E-state index in [0.717, 1.165) is 4.90 Å². The first-order chi connectivity index (χ1) is 8.90. The van der Waals surface area contributed by atoms with Gasteiger partial charge in [-0.25, -0.2) is 4.98 Å². The number of rotatable bonds is 3. The van der Waals surface area contributed by atoms with Crippen LogP contribution < -0.4 is 4.90 Å². The molecule has 0 radical (unpaired) electrons. The van der Waals surface area contributed by atoms with Gasteiger partial charge < -0.3 is 5.11 Å². The Kier molecular flexibility index (Phi) is 3.16. The molecule has 0 saturated carbocycles. The zero-order chi connectivity index (χ0) is 14.2. The molecule has 1 aromatic rings. The van der Waals surface area contributed by atoms with Gasteiger partial charge >= 0.3 is 11.7 Å². The van der Waals surface area contributed by atoms with Crippen molar-refractivity contribution in [3.05, 3.63) is 27.9 Å². The van der Waals surface area contributed by atoms with Gasteiger partial charge in [0, 0.05) is 25.2 Å². The molecule has 100 valence electrons. The summed E-state index contributed by atoms with van der Waals surface area (Å²) in [5.74, 6) is -2.50. The molecule has 8 heteroatoms. The molecule has 0 aromatic carbocycles. The minimum absolute atomic E-state index is 0.0922. The van der Waals surface area contributed by atoms with Gasteiger partial charge in [0.05, 0.1) is 10.8 Å². The first kappa shape index (κ1) is 12.9. The maximum atomic E-state index is 11.7. The van der Waals surface area contributed by atoms with Gasteiger partial charge in [0.15, 0.2) is 0 Å². The van der Waals surface area contributed by atoms with Crippen LogP contribution in [0.4, 0.5) is 11.5 Å². The number of carbonyl (C=O) groups excluding carboxylic acids is 1. The van der Waals surface area contributed by atoms with Crippen molar-refractivity contribution in [2.75, 3.05) is 11.4 Å². The van der Waals surface area contributed by atoms with Crippen LogP contribution in [0.25, 0.3) is 0 Å². The number of pyridine rings is 1. The second-order valence-electron chi connectivity index (χ2n) is 4.36. The van der Waals surface area contributed by atoms with E-state index in [1.807, 2.05) is 0 Å². The zero-order valence-electron chi connectivity index (χ0n) is 10.1. The number of nitrogens with zero attached hydrogens (tertiary/aromatic N) is 3. The molecule has 1 aliphatic rings. The second-order valence-corrected chi connectivity index (χ2v) is 4.36. The van der Waals surface area contributed by atoms with Crippen LogP contribution in [-0.2, 0) is 9.59 Å². The molecule has 0 aliphatic carbocycles. The van der Waals surface area contributed by atoms with Crippen molar-refractivity contribution in [3.8, 4) is 0 Å². The topological polar surface area (TPSA) is 114 Å². The van der Waals surface area contributed by atoms with Crippen LogP contribution in [0.1, 0.15) is 12.0 Å². The lowest BCUT2D eigenvalue weighted by Gasteiger charge is -2.14. The number of hydrogen-bond acceptors (Lipinski definition) is 5. The Balaban J connectivity index is 2.40. The van der Waals surface area contributed by atoms with Gasteiger partial charge in [0.1, 0.15) is 0 Å². The monoisotopic (exact) mass is 265 g/mol. The van der Waals surface area contributed by atoms with Crippen LogP contribution in [0.15, 0.2) is 12.3 Å². The molecule has 1 amide bonds. The zero-order valence-corrected chi connectivity index (χ0v) is 10.1. The van der Waals surface area contributed by atoms with Crippen LogP contribution in [0.2, 0.25) is 0 Å². The Labute approximate surface area is 107 Å². The molecule has 0 bridgehead atoms. The number of carbonyl (C=O) groups is 2. The summed E-state index contributed by atoms with van der Waals surface area (Å²) in [6, 6.07) is 1.31. The highest BCUT2D eigenvalue weighted by molar-refractivity contribution is 5.99. The fraction of sp³-hybridized carbons (Fsp3) is 0.364. The molecule has 1 saturated heterocycles. The number of anilines is 1. The largest absolute Gasteiger partial charge is 0.481 e. The predicted octanol–water partition coefficient (Wildman–Crippen LogP) is 0.736.